The molecule has 2 aromatic rings. The first-order valence-corrected chi connectivity index (χ1v) is 6.31. The molecule has 1 aromatic carbocycles. The van der Waals surface area contributed by atoms with Gasteiger partial charge >= 0.3 is 5.97 Å². The van der Waals surface area contributed by atoms with Crippen LogP contribution in [0.5, 0.6) is 5.75 Å². The van der Waals surface area contributed by atoms with Crippen molar-refractivity contribution in [2.24, 2.45) is 5.73 Å². The van der Waals surface area contributed by atoms with Gasteiger partial charge in [-0.25, -0.2) is 4.79 Å². The number of furan rings is 1. The first kappa shape index (κ1) is 14.1. The van der Waals surface area contributed by atoms with E-state index < -0.39 is 5.97 Å². The highest BCUT2D eigenvalue weighted by molar-refractivity contribution is 5.86. The Morgan fingerprint density at radius 1 is 1.20 bits per heavy atom. The van der Waals surface area contributed by atoms with E-state index in [-0.39, 0.29) is 12.4 Å². The van der Waals surface area contributed by atoms with Crippen LogP contribution >= 0.6 is 0 Å². The molecular weight excluding hydrogens is 258 g/mol. The normalized spacial score (nSPS) is 10.3. The maximum Gasteiger partial charge on any atom is 0.373 e. The van der Waals surface area contributed by atoms with E-state index in [1.54, 1.807) is 12.1 Å². The van der Waals surface area contributed by atoms with Gasteiger partial charge in [-0.05, 0) is 42.8 Å². The van der Waals surface area contributed by atoms with Crippen molar-refractivity contribution >= 4 is 5.97 Å². The first-order chi connectivity index (χ1) is 9.72. The molecule has 0 aliphatic rings. The highest BCUT2D eigenvalue weighted by atomic mass is 16.5. The number of nitrogens with two attached hydrogens (primary N) is 1. The highest BCUT2D eigenvalue weighted by Crippen LogP contribution is 2.16. The Bertz CT molecular complexity index is 560. The number of carbonyl (C=O) groups excluding carboxylic acids is 1. The third-order valence-electron chi connectivity index (χ3n) is 2.79. The van der Waals surface area contributed by atoms with Crippen molar-refractivity contribution in [3.05, 3.63) is 53.5 Å². The zero-order valence-electron chi connectivity index (χ0n) is 11.3. The number of ether oxygens (including phenoxy) is 2. The molecule has 106 valence electrons. The lowest BCUT2D eigenvalue weighted by Crippen LogP contribution is -2.02. The van der Waals surface area contributed by atoms with Crippen molar-refractivity contribution in [1.29, 1.82) is 0 Å². The Morgan fingerprint density at radius 2 is 1.95 bits per heavy atom. The third-order valence-corrected chi connectivity index (χ3v) is 2.79. The van der Waals surface area contributed by atoms with Crippen molar-refractivity contribution in [3.63, 3.8) is 0 Å². The summed E-state index contributed by atoms with van der Waals surface area (Å²) < 4.78 is 15.4. The van der Waals surface area contributed by atoms with Crippen molar-refractivity contribution < 1.29 is 18.7 Å². The highest BCUT2D eigenvalue weighted by Gasteiger charge is 2.11. The van der Waals surface area contributed by atoms with E-state index in [0.717, 1.165) is 12.2 Å². The fraction of sp³-hybridized carbons (Fsp3) is 0.267. The average molecular weight is 275 g/mol. The molecule has 5 nitrogen and oxygen atoms in total. The Morgan fingerprint density at radius 3 is 2.60 bits per heavy atom. The van der Waals surface area contributed by atoms with E-state index in [2.05, 4.69) is 4.74 Å². The standard InChI is InChI=1S/C15H17NO4/c1-18-15(17)14-7-6-13(20-14)10-19-12-4-2-11(3-5-12)8-9-16/h2-7H,8-10,16H2,1H3. The van der Waals surface area contributed by atoms with Crippen LogP contribution in [-0.4, -0.2) is 19.6 Å². The van der Waals surface area contributed by atoms with Gasteiger partial charge in [0.25, 0.3) is 0 Å². The van der Waals surface area contributed by atoms with E-state index in [1.165, 1.54) is 12.7 Å². The van der Waals surface area contributed by atoms with Crippen LogP contribution in [0.3, 0.4) is 0 Å². The summed E-state index contributed by atoms with van der Waals surface area (Å²) in [4.78, 5) is 11.2. The summed E-state index contributed by atoms with van der Waals surface area (Å²) in [5.41, 5.74) is 6.66. The van der Waals surface area contributed by atoms with Gasteiger partial charge in [0.15, 0.2) is 0 Å². The minimum Gasteiger partial charge on any atom is -0.486 e. The topological polar surface area (TPSA) is 74.7 Å². The summed E-state index contributed by atoms with van der Waals surface area (Å²) in [6.45, 7) is 0.885. The van der Waals surface area contributed by atoms with Crippen molar-refractivity contribution in [2.45, 2.75) is 13.0 Å². The molecule has 2 rings (SSSR count). The predicted octanol–water partition coefficient (Wildman–Crippen LogP) is 2.15. The number of esters is 1. The van der Waals surface area contributed by atoms with E-state index in [9.17, 15) is 4.79 Å². The molecule has 0 unspecified atom stereocenters. The van der Waals surface area contributed by atoms with Gasteiger partial charge in [-0.2, -0.15) is 0 Å². The molecule has 20 heavy (non-hydrogen) atoms. The molecule has 1 heterocycles. The second-order valence-electron chi connectivity index (χ2n) is 4.23. The number of benzene rings is 1. The van der Waals surface area contributed by atoms with Gasteiger partial charge < -0.3 is 19.6 Å². The molecule has 0 saturated carbocycles. The second kappa shape index (κ2) is 6.77. The fourth-order valence-corrected chi connectivity index (χ4v) is 1.74. The van der Waals surface area contributed by atoms with Gasteiger partial charge in [0, 0.05) is 0 Å². The van der Waals surface area contributed by atoms with Crippen LogP contribution < -0.4 is 10.5 Å². The lowest BCUT2D eigenvalue weighted by atomic mass is 10.1. The van der Waals surface area contributed by atoms with Crippen molar-refractivity contribution in [1.82, 2.24) is 0 Å². The molecule has 0 spiro atoms. The van der Waals surface area contributed by atoms with E-state index in [1.807, 2.05) is 24.3 Å². The molecule has 0 aliphatic heterocycles. The lowest BCUT2D eigenvalue weighted by molar-refractivity contribution is 0.0561. The molecule has 1 aromatic heterocycles. The number of carbonyl (C=O) groups is 1. The molecule has 0 saturated heterocycles. The van der Waals surface area contributed by atoms with E-state index in [0.29, 0.717) is 12.3 Å². The minimum absolute atomic E-state index is 0.171. The fourth-order valence-electron chi connectivity index (χ4n) is 1.74. The Labute approximate surface area is 117 Å². The summed E-state index contributed by atoms with van der Waals surface area (Å²) >= 11 is 0. The second-order valence-corrected chi connectivity index (χ2v) is 4.23. The van der Waals surface area contributed by atoms with E-state index in [4.69, 9.17) is 14.9 Å². The maximum absolute atomic E-state index is 11.2. The summed E-state index contributed by atoms with van der Waals surface area (Å²) in [6.07, 6.45) is 0.848. The van der Waals surface area contributed by atoms with Gasteiger partial charge in [-0.15, -0.1) is 0 Å². The van der Waals surface area contributed by atoms with Crippen molar-refractivity contribution in [2.75, 3.05) is 13.7 Å². The number of rotatable bonds is 6. The van der Waals surface area contributed by atoms with Gasteiger partial charge in [-0.1, -0.05) is 12.1 Å². The summed E-state index contributed by atoms with van der Waals surface area (Å²) in [7, 11) is 1.31. The third kappa shape index (κ3) is 3.61. The van der Waals surface area contributed by atoms with Gasteiger partial charge in [0.05, 0.1) is 7.11 Å². The zero-order chi connectivity index (χ0) is 14.4. The molecular formula is C15H17NO4. The maximum atomic E-state index is 11.2. The van der Waals surface area contributed by atoms with Crippen LogP contribution in [0.1, 0.15) is 21.9 Å². The van der Waals surface area contributed by atoms with Crippen LogP contribution in [0.2, 0.25) is 0 Å². The Balaban J connectivity index is 1.91. The number of hydrogen-bond acceptors (Lipinski definition) is 5. The largest absolute Gasteiger partial charge is 0.486 e. The average Bonchev–Trinajstić information content (AvgIpc) is 2.95. The van der Waals surface area contributed by atoms with Crippen LogP contribution in [0.15, 0.2) is 40.8 Å². The lowest BCUT2D eigenvalue weighted by Gasteiger charge is -2.05. The van der Waals surface area contributed by atoms with Gasteiger partial charge in [0.1, 0.15) is 18.1 Å². The molecule has 0 aliphatic carbocycles. The number of hydrogen-bond donors (Lipinski definition) is 1. The summed E-state index contributed by atoms with van der Waals surface area (Å²) in [5.74, 6) is 0.977. The molecule has 0 radical (unpaired) electrons. The first-order valence-electron chi connectivity index (χ1n) is 6.31. The summed E-state index contributed by atoms with van der Waals surface area (Å²) in [6, 6.07) is 11.0. The van der Waals surface area contributed by atoms with E-state index >= 15 is 0 Å². The molecule has 2 N–H and O–H groups in total. The van der Waals surface area contributed by atoms with Crippen LogP contribution in [0.4, 0.5) is 0 Å². The SMILES string of the molecule is COC(=O)c1ccc(COc2ccc(CCN)cc2)o1. The molecule has 0 bridgehead atoms. The van der Waals surface area contributed by atoms with Crippen LogP contribution in [0.25, 0.3) is 0 Å². The smallest absolute Gasteiger partial charge is 0.373 e. The quantitative estimate of drug-likeness (QED) is 0.817. The molecule has 0 amide bonds. The number of methoxy groups -OCH3 is 1. The van der Waals surface area contributed by atoms with Gasteiger partial charge in [-0.3, -0.25) is 0 Å². The summed E-state index contributed by atoms with van der Waals surface area (Å²) in [5, 5.41) is 0. The Hall–Kier alpha value is -2.27. The van der Waals surface area contributed by atoms with Crippen LogP contribution in [0, 0.1) is 0 Å². The van der Waals surface area contributed by atoms with Crippen LogP contribution in [-0.2, 0) is 17.8 Å². The van der Waals surface area contributed by atoms with Gasteiger partial charge in [0.2, 0.25) is 5.76 Å². The monoisotopic (exact) mass is 275 g/mol. The zero-order valence-corrected chi connectivity index (χ0v) is 11.3. The predicted molar refractivity (Wildman–Crippen MR) is 73.6 cm³/mol. The minimum atomic E-state index is -0.498. The molecule has 0 fully saturated rings. The molecule has 0 atom stereocenters. The van der Waals surface area contributed by atoms with Crippen molar-refractivity contribution in [3.8, 4) is 5.75 Å². The molecule has 5 heteroatoms. The Kier molecular flexibility index (Phi) is 4.79.